The summed E-state index contributed by atoms with van der Waals surface area (Å²) >= 11 is 0. The van der Waals surface area contributed by atoms with E-state index in [9.17, 15) is 28.6 Å². The van der Waals surface area contributed by atoms with Crippen LogP contribution in [0.1, 0.15) is 36.0 Å². The summed E-state index contributed by atoms with van der Waals surface area (Å²) in [5, 5.41) is 29.3. The Morgan fingerprint density at radius 1 is 0.811 bits per heavy atom. The number of carboxylic acids is 2. The van der Waals surface area contributed by atoms with Gasteiger partial charge >= 0.3 is 11.9 Å². The molecule has 1 aliphatic heterocycles. The monoisotopic (exact) mass is 509 g/mol. The molecule has 0 saturated carbocycles. The molecule has 194 valence electrons. The largest absolute Gasteiger partial charge is 0.478 e. The lowest BCUT2D eigenvalue weighted by Crippen LogP contribution is -2.34. The summed E-state index contributed by atoms with van der Waals surface area (Å²) in [6.07, 6.45) is 4.48. The molecule has 0 spiro atoms. The van der Waals surface area contributed by atoms with Crippen molar-refractivity contribution in [1.82, 2.24) is 4.90 Å². The fourth-order valence-corrected chi connectivity index (χ4v) is 4.31. The van der Waals surface area contributed by atoms with E-state index < -0.39 is 34.7 Å². The Bertz CT molecular complexity index is 1190. The molecule has 37 heavy (non-hydrogen) atoms. The van der Waals surface area contributed by atoms with Crippen molar-refractivity contribution in [3.05, 3.63) is 119 Å². The Kier molecular flexibility index (Phi) is 9.65. The molecule has 0 atom stereocenters. The van der Waals surface area contributed by atoms with Crippen LogP contribution in [0.4, 0.5) is 8.78 Å². The number of hydrogen-bond acceptors (Lipinski definition) is 4. The summed E-state index contributed by atoms with van der Waals surface area (Å²) < 4.78 is 27.1. The lowest BCUT2D eigenvalue weighted by atomic mass is 9.79. The highest BCUT2D eigenvalue weighted by Gasteiger charge is 2.41. The molecule has 1 saturated heterocycles. The molecule has 3 aromatic rings. The SMILES string of the molecule is O=C(O)/C=C(/C(=O)O)C(O)(c1cccc(F)c1)c1cccc(F)c1.c1ccc(CN2CCCCC2)cc1. The van der Waals surface area contributed by atoms with Crippen molar-refractivity contribution in [2.75, 3.05) is 13.1 Å². The van der Waals surface area contributed by atoms with Gasteiger partial charge in [0.2, 0.25) is 0 Å². The van der Waals surface area contributed by atoms with Crippen LogP contribution in [-0.2, 0) is 21.7 Å². The predicted molar refractivity (Wildman–Crippen MR) is 135 cm³/mol. The van der Waals surface area contributed by atoms with Crippen LogP contribution in [0.2, 0.25) is 0 Å². The highest BCUT2D eigenvalue weighted by Crippen LogP contribution is 2.37. The van der Waals surface area contributed by atoms with Gasteiger partial charge in [-0.15, -0.1) is 0 Å². The maximum absolute atomic E-state index is 13.6. The van der Waals surface area contributed by atoms with Gasteiger partial charge in [-0.2, -0.15) is 0 Å². The number of halogens is 2. The highest BCUT2D eigenvalue weighted by molar-refractivity contribution is 5.97. The average molecular weight is 510 g/mol. The molecule has 1 fully saturated rings. The van der Waals surface area contributed by atoms with E-state index in [0.29, 0.717) is 0 Å². The first kappa shape index (κ1) is 27.7. The summed E-state index contributed by atoms with van der Waals surface area (Å²) in [5.74, 6) is -4.92. The second-order valence-corrected chi connectivity index (χ2v) is 8.75. The molecule has 1 heterocycles. The van der Waals surface area contributed by atoms with Crippen LogP contribution in [0.3, 0.4) is 0 Å². The van der Waals surface area contributed by atoms with E-state index in [-0.39, 0.29) is 17.2 Å². The van der Waals surface area contributed by atoms with E-state index in [2.05, 4.69) is 35.2 Å². The molecule has 0 radical (unpaired) electrons. The number of benzene rings is 3. The van der Waals surface area contributed by atoms with Gasteiger partial charge in [0.1, 0.15) is 17.2 Å². The van der Waals surface area contributed by atoms with Crippen LogP contribution >= 0.6 is 0 Å². The van der Waals surface area contributed by atoms with Crippen molar-refractivity contribution >= 4 is 11.9 Å². The number of carbonyl (C=O) groups is 2. The third kappa shape index (κ3) is 7.55. The maximum atomic E-state index is 13.6. The Morgan fingerprint density at radius 3 is 1.81 bits per heavy atom. The van der Waals surface area contributed by atoms with E-state index >= 15 is 0 Å². The summed E-state index contributed by atoms with van der Waals surface area (Å²) in [5.41, 5.74) is -2.56. The van der Waals surface area contributed by atoms with Gasteiger partial charge in [0.15, 0.2) is 0 Å². The molecular formula is C29H29F2NO5. The van der Waals surface area contributed by atoms with Crippen molar-refractivity contribution in [2.45, 2.75) is 31.4 Å². The number of likely N-dealkylation sites (tertiary alicyclic amines) is 1. The molecule has 6 nitrogen and oxygen atoms in total. The molecule has 0 aliphatic carbocycles. The van der Waals surface area contributed by atoms with E-state index in [1.54, 1.807) is 0 Å². The van der Waals surface area contributed by atoms with Gasteiger partial charge in [-0.25, -0.2) is 18.4 Å². The number of piperidine rings is 1. The molecule has 4 rings (SSSR count). The number of aliphatic carboxylic acids is 2. The van der Waals surface area contributed by atoms with Gasteiger partial charge < -0.3 is 15.3 Å². The van der Waals surface area contributed by atoms with Crippen LogP contribution in [0.15, 0.2) is 90.5 Å². The summed E-state index contributed by atoms with van der Waals surface area (Å²) in [4.78, 5) is 25.0. The van der Waals surface area contributed by atoms with Crippen molar-refractivity contribution in [2.24, 2.45) is 0 Å². The molecule has 0 bridgehead atoms. The first-order valence-corrected chi connectivity index (χ1v) is 11.9. The molecule has 8 heteroatoms. The second kappa shape index (κ2) is 12.9. The molecular weight excluding hydrogens is 480 g/mol. The fourth-order valence-electron chi connectivity index (χ4n) is 4.31. The van der Waals surface area contributed by atoms with Crippen LogP contribution in [0.25, 0.3) is 0 Å². The predicted octanol–water partition coefficient (Wildman–Crippen LogP) is 4.97. The van der Waals surface area contributed by atoms with E-state index in [4.69, 9.17) is 5.11 Å². The first-order chi connectivity index (χ1) is 17.7. The molecule has 1 aliphatic rings. The van der Waals surface area contributed by atoms with Crippen molar-refractivity contribution < 1.29 is 33.7 Å². The van der Waals surface area contributed by atoms with Crippen LogP contribution in [-0.4, -0.2) is 45.2 Å². The number of hydrogen-bond donors (Lipinski definition) is 3. The molecule has 0 unspecified atom stereocenters. The van der Waals surface area contributed by atoms with Gasteiger partial charge in [-0.1, -0.05) is 61.0 Å². The van der Waals surface area contributed by atoms with Gasteiger partial charge in [-0.05, 0) is 66.9 Å². The lowest BCUT2D eigenvalue weighted by molar-refractivity contribution is -0.137. The smallest absolute Gasteiger partial charge is 0.335 e. The van der Waals surface area contributed by atoms with Crippen LogP contribution < -0.4 is 0 Å². The highest BCUT2D eigenvalue weighted by atomic mass is 19.1. The van der Waals surface area contributed by atoms with E-state index in [1.165, 1.54) is 62.2 Å². The molecule has 0 aromatic heterocycles. The first-order valence-electron chi connectivity index (χ1n) is 11.9. The molecule has 3 N–H and O–H groups in total. The second-order valence-electron chi connectivity index (χ2n) is 8.75. The molecule has 3 aromatic carbocycles. The van der Waals surface area contributed by atoms with Crippen LogP contribution in [0, 0.1) is 11.6 Å². The Labute approximate surface area is 214 Å². The topological polar surface area (TPSA) is 98.1 Å². The number of aliphatic hydroxyl groups is 1. The zero-order valence-electron chi connectivity index (χ0n) is 20.2. The van der Waals surface area contributed by atoms with Gasteiger partial charge in [0.05, 0.1) is 5.57 Å². The van der Waals surface area contributed by atoms with Gasteiger partial charge in [0.25, 0.3) is 0 Å². The lowest BCUT2D eigenvalue weighted by Gasteiger charge is -2.30. The van der Waals surface area contributed by atoms with E-state index in [0.717, 1.165) is 30.8 Å². The zero-order valence-corrected chi connectivity index (χ0v) is 20.2. The fraction of sp³-hybridized carbons (Fsp3) is 0.241. The summed E-state index contributed by atoms with van der Waals surface area (Å²) in [6, 6.07) is 19.5. The molecule has 0 amide bonds. The Morgan fingerprint density at radius 2 is 1.35 bits per heavy atom. The number of carboxylic acid groups (broad SMARTS) is 2. The van der Waals surface area contributed by atoms with Crippen molar-refractivity contribution in [3.63, 3.8) is 0 Å². The van der Waals surface area contributed by atoms with Crippen LogP contribution in [0.5, 0.6) is 0 Å². The zero-order chi connectivity index (χ0) is 26.8. The number of rotatable bonds is 7. The van der Waals surface area contributed by atoms with Crippen molar-refractivity contribution in [3.8, 4) is 0 Å². The minimum absolute atomic E-state index is 0.247. The minimum Gasteiger partial charge on any atom is -0.478 e. The normalized spacial score (nSPS) is 14.4. The maximum Gasteiger partial charge on any atom is 0.335 e. The quantitative estimate of drug-likeness (QED) is 0.389. The Hall–Kier alpha value is -3.88. The van der Waals surface area contributed by atoms with Gasteiger partial charge in [-0.3, -0.25) is 4.90 Å². The number of nitrogens with zero attached hydrogens (tertiary/aromatic N) is 1. The standard InChI is InChI=1S/C17H12F2O5.C12H17N/c18-12-5-1-3-10(7-12)17(24,11-4-2-6-13(19)8-11)14(16(22)23)9-15(20)21;1-3-7-12(8-4-1)11-13-9-5-2-6-10-13/h1-9,24H,(H,20,21)(H,22,23);1,3-4,7-8H,2,5-6,9-11H2/b14-9-;. The van der Waals surface area contributed by atoms with Gasteiger partial charge in [0, 0.05) is 12.6 Å². The average Bonchev–Trinajstić information content (AvgIpc) is 2.88. The Balaban J connectivity index is 0.000000244. The van der Waals surface area contributed by atoms with E-state index in [1.807, 2.05) is 0 Å². The third-order valence-electron chi connectivity index (χ3n) is 6.07. The van der Waals surface area contributed by atoms with Crippen molar-refractivity contribution in [1.29, 1.82) is 0 Å². The minimum atomic E-state index is -2.56. The third-order valence-corrected chi connectivity index (χ3v) is 6.07. The summed E-state index contributed by atoms with van der Waals surface area (Å²) in [7, 11) is 0. The summed E-state index contributed by atoms with van der Waals surface area (Å²) in [6.45, 7) is 3.71.